The molecule has 0 bridgehead atoms. The van der Waals surface area contributed by atoms with E-state index in [4.69, 9.17) is 5.26 Å². The molecular formula is C14H15N5O2. The van der Waals surface area contributed by atoms with Gasteiger partial charge in [-0.15, -0.1) is 10.2 Å². The summed E-state index contributed by atoms with van der Waals surface area (Å²) in [6.45, 7) is 0.616. The van der Waals surface area contributed by atoms with Crippen molar-refractivity contribution in [3.05, 3.63) is 29.8 Å². The highest BCUT2D eigenvalue weighted by Crippen LogP contribution is 2.16. The quantitative estimate of drug-likeness (QED) is 0.593. The number of nitriles is 1. The van der Waals surface area contributed by atoms with E-state index in [0.717, 1.165) is 12.8 Å². The number of methoxy groups -OCH3 is 1. The van der Waals surface area contributed by atoms with Crippen LogP contribution in [0.2, 0.25) is 0 Å². The zero-order valence-corrected chi connectivity index (χ0v) is 11.7. The van der Waals surface area contributed by atoms with Crippen LogP contribution in [0.3, 0.4) is 0 Å². The van der Waals surface area contributed by atoms with Gasteiger partial charge < -0.3 is 4.74 Å². The Morgan fingerprint density at radius 2 is 2.29 bits per heavy atom. The molecule has 7 heteroatoms. The molecule has 0 aliphatic heterocycles. The summed E-state index contributed by atoms with van der Waals surface area (Å²) in [5.74, 6) is 0.0572. The largest absolute Gasteiger partial charge is 0.465 e. The Bertz CT molecular complexity index is 659. The Hall–Kier alpha value is -2.75. The molecule has 108 valence electrons. The number of benzene rings is 1. The molecule has 1 heterocycles. The molecule has 0 atom stereocenters. The van der Waals surface area contributed by atoms with Gasteiger partial charge in [0.15, 0.2) is 0 Å². The first-order valence-corrected chi connectivity index (χ1v) is 6.58. The molecular weight excluding hydrogens is 270 g/mol. The molecule has 0 aliphatic carbocycles. The standard InChI is InChI=1S/C14H15N5O2/c1-21-14(20)12-7-5-6-11(10-12)13-16-18-19(17-13)9-4-2-3-8-15/h5-7,10H,2-4,9H2,1H3. The van der Waals surface area contributed by atoms with Crippen LogP contribution in [0.5, 0.6) is 0 Å². The minimum atomic E-state index is -0.402. The van der Waals surface area contributed by atoms with E-state index in [1.807, 2.05) is 6.07 Å². The summed E-state index contributed by atoms with van der Waals surface area (Å²) in [7, 11) is 1.34. The second-order valence-electron chi connectivity index (χ2n) is 4.40. The molecule has 0 saturated carbocycles. The van der Waals surface area contributed by atoms with Gasteiger partial charge in [-0.05, 0) is 30.2 Å². The van der Waals surface area contributed by atoms with Gasteiger partial charge in [-0.1, -0.05) is 12.1 Å². The fourth-order valence-electron chi connectivity index (χ4n) is 1.81. The molecule has 1 aromatic carbocycles. The Morgan fingerprint density at radius 1 is 1.43 bits per heavy atom. The number of tetrazole rings is 1. The molecule has 0 spiro atoms. The van der Waals surface area contributed by atoms with Crippen LogP contribution in [0.4, 0.5) is 0 Å². The van der Waals surface area contributed by atoms with Crippen molar-refractivity contribution >= 4 is 5.97 Å². The zero-order chi connectivity index (χ0) is 15.1. The van der Waals surface area contributed by atoms with E-state index in [9.17, 15) is 4.79 Å². The van der Waals surface area contributed by atoms with E-state index in [1.165, 1.54) is 11.9 Å². The van der Waals surface area contributed by atoms with Gasteiger partial charge in [-0.2, -0.15) is 10.1 Å². The number of unbranched alkanes of at least 4 members (excludes halogenated alkanes) is 2. The van der Waals surface area contributed by atoms with Crippen molar-refractivity contribution in [3.63, 3.8) is 0 Å². The van der Waals surface area contributed by atoms with E-state index >= 15 is 0 Å². The number of carbonyl (C=O) groups is 1. The van der Waals surface area contributed by atoms with Crippen LogP contribution in [0, 0.1) is 11.3 Å². The zero-order valence-electron chi connectivity index (χ0n) is 11.7. The van der Waals surface area contributed by atoms with Crippen LogP contribution in [0.25, 0.3) is 11.4 Å². The number of aryl methyl sites for hydroxylation is 1. The van der Waals surface area contributed by atoms with Crippen LogP contribution in [-0.2, 0) is 11.3 Å². The summed E-state index contributed by atoms with van der Waals surface area (Å²) in [4.78, 5) is 13.0. The predicted molar refractivity (Wildman–Crippen MR) is 74.1 cm³/mol. The second kappa shape index (κ2) is 7.14. The molecule has 1 aromatic heterocycles. The average Bonchev–Trinajstić information content (AvgIpc) is 3.00. The van der Waals surface area contributed by atoms with Crippen LogP contribution in [-0.4, -0.2) is 33.3 Å². The molecule has 0 aliphatic rings. The molecule has 2 aromatic rings. The highest BCUT2D eigenvalue weighted by molar-refractivity contribution is 5.90. The first kappa shape index (κ1) is 14.7. The molecule has 0 fully saturated rings. The monoisotopic (exact) mass is 285 g/mol. The van der Waals surface area contributed by atoms with Gasteiger partial charge in [0.05, 0.1) is 25.3 Å². The van der Waals surface area contributed by atoms with Crippen molar-refractivity contribution < 1.29 is 9.53 Å². The third kappa shape index (κ3) is 3.86. The number of hydrogen-bond donors (Lipinski definition) is 0. The summed E-state index contributed by atoms with van der Waals surface area (Å²) in [5.41, 5.74) is 1.15. The predicted octanol–water partition coefficient (Wildman–Crippen LogP) is 1.82. The topological polar surface area (TPSA) is 93.7 Å². The molecule has 0 amide bonds. The number of hydrogen-bond acceptors (Lipinski definition) is 6. The minimum absolute atomic E-state index is 0.402. The summed E-state index contributed by atoms with van der Waals surface area (Å²) >= 11 is 0. The van der Waals surface area contributed by atoms with Crippen molar-refractivity contribution in [2.75, 3.05) is 7.11 Å². The molecule has 2 rings (SSSR count). The fourth-order valence-corrected chi connectivity index (χ4v) is 1.81. The average molecular weight is 285 g/mol. The van der Waals surface area contributed by atoms with Gasteiger partial charge >= 0.3 is 5.97 Å². The van der Waals surface area contributed by atoms with Gasteiger partial charge in [-0.3, -0.25) is 0 Å². The maximum atomic E-state index is 11.5. The first-order valence-electron chi connectivity index (χ1n) is 6.58. The molecule has 7 nitrogen and oxygen atoms in total. The van der Waals surface area contributed by atoms with Gasteiger partial charge in [0.25, 0.3) is 0 Å². The fraction of sp³-hybridized carbons (Fsp3) is 0.357. The Balaban J connectivity index is 2.07. The lowest BCUT2D eigenvalue weighted by Gasteiger charge is -2.00. The number of nitrogens with zero attached hydrogens (tertiary/aromatic N) is 5. The summed E-state index contributed by atoms with van der Waals surface area (Å²) in [6, 6.07) is 8.99. The summed E-state index contributed by atoms with van der Waals surface area (Å²) in [6.07, 6.45) is 2.17. The van der Waals surface area contributed by atoms with Crippen molar-refractivity contribution in [1.29, 1.82) is 5.26 Å². The normalized spacial score (nSPS) is 10.1. The number of carbonyl (C=O) groups excluding carboxylic acids is 1. The van der Waals surface area contributed by atoms with Crippen molar-refractivity contribution in [2.24, 2.45) is 0 Å². The second-order valence-corrected chi connectivity index (χ2v) is 4.40. The number of rotatable bonds is 6. The molecule has 0 unspecified atom stereocenters. The van der Waals surface area contributed by atoms with Crippen LogP contribution >= 0.6 is 0 Å². The lowest BCUT2D eigenvalue weighted by atomic mass is 10.1. The van der Waals surface area contributed by atoms with E-state index in [-0.39, 0.29) is 0 Å². The first-order chi connectivity index (χ1) is 10.2. The molecule has 21 heavy (non-hydrogen) atoms. The number of esters is 1. The minimum Gasteiger partial charge on any atom is -0.465 e. The van der Waals surface area contributed by atoms with E-state index in [1.54, 1.807) is 18.2 Å². The van der Waals surface area contributed by atoms with Gasteiger partial charge in [0, 0.05) is 12.0 Å². The van der Waals surface area contributed by atoms with Gasteiger partial charge in [-0.25, -0.2) is 4.79 Å². The van der Waals surface area contributed by atoms with Crippen LogP contribution in [0.15, 0.2) is 24.3 Å². The Labute approximate surface area is 122 Å². The van der Waals surface area contributed by atoms with E-state index in [2.05, 4.69) is 26.2 Å². The van der Waals surface area contributed by atoms with Crippen LogP contribution < -0.4 is 0 Å². The lowest BCUT2D eigenvalue weighted by molar-refractivity contribution is 0.0601. The van der Waals surface area contributed by atoms with Crippen molar-refractivity contribution in [2.45, 2.75) is 25.8 Å². The number of ether oxygens (including phenoxy) is 1. The van der Waals surface area contributed by atoms with Crippen LogP contribution in [0.1, 0.15) is 29.6 Å². The SMILES string of the molecule is COC(=O)c1cccc(-c2nnn(CCCCC#N)n2)c1. The van der Waals surface area contributed by atoms with Crippen molar-refractivity contribution in [3.8, 4) is 17.5 Å². The molecule has 0 radical (unpaired) electrons. The highest BCUT2D eigenvalue weighted by atomic mass is 16.5. The van der Waals surface area contributed by atoms with Crippen molar-refractivity contribution in [1.82, 2.24) is 20.2 Å². The Kier molecular flexibility index (Phi) is 4.99. The summed E-state index contributed by atoms with van der Waals surface area (Å²) < 4.78 is 4.68. The lowest BCUT2D eigenvalue weighted by Crippen LogP contribution is -2.03. The summed E-state index contributed by atoms with van der Waals surface area (Å²) in [5, 5.41) is 20.7. The third-order valence-corrected chi connectivity index (χ3v) is 2.89. The highest BCUT2D eigenvalue weighted by Gasteiger charge is 2.10. The van der Waals surface area contributed by atoms with E-state index < -0.39 is 5.97 Å². The maximum absolute atomic E-state index is 11.5. The Morgan fingerprint density at radius 3 is 3.05 bits per heavy atom. The van der Waals surface area contributed by atoms with Gasteiger partial charge in [0.1, 0.15) is 0 Å². The molecule has 0 N–H and O–H groups in total. The molecule has 0 saturated heterocycles. The van der Waals surface area contributed by atoms with Gasteiger partial charge in [0.2, 0.25) is 5.82 Å². The number of aromatic nitrogens is 4. The van der Waals surface area contributed by atoms with E-state index in [0.29, 0.717) is 29.9 Å². The maximum Gasteiger partial charge on any atom is 0.337 e. The third-order valence-electron chi connectivity index (χ3n) is 2.89. The smallest absolute Gasteiger partial charge is 0.337 e.